The number of carbonyl (C=O) groups is 8. The van der Waals surface area contributed by atoms with Crippen LogP contribution < -0.4 is 54.4 Å². The molecule has 460 valence electrons. The molecule has 0 radical (unpaired) electrons. The zero-order valence-electron chi connectivity index (χ0n) is 44.9. The lowest BCUT2D eigenvalue weighted by Gasteiger charge is -2.29. The molecule has 8 atom stereocenters. The Labute approximate surface area is 484 Å². The molecule has 0 aliphatic carbocycles. The molecule has 5 aromatic rings. The van der Waals surface area contributed by atoms with Crippen LogP contribution in [-0.4, -0.2) is 129 Å². The van der Waals surface area contributed by atoms with Gasteiger partial charge in [-0.1, -0.05) is 53.6 Å². The van der Waals surface area contributed by atoms with Crippen molar-refractivity contribution in [2.24, 2.45) is 23.1 Å². The lowest BCUT2D eigenvalue weighted by atomic mass is 10.00. The summed E-state index contributed by atoms with van der Waals surface area (Å²) >= 11 is 0. The summed E-state index contributed by atoms with van der Waals surface area (Å²) in [6.45, 7) is 3.09. The second-order valence-electron chi connectivity index (χ2n) is 19.8. The highest BCUT2D eigenvalue weighted by molar-refractivity contribution is 8.76. The molecule has 1 aliphatic heterocycles. The van der Waals surface area contributed by atoms with Crippen LogP contribution in [0.4, 0.5) is 43.9 Å². The topological polar surface area (TPSA) is 343 Å². The molecule has 2 aromatic heterocycles. The van der Waals surface area contributed by atoms with Gasteiger partial charge in [0, 0.05) is 77.3 Å². The second-order valence-corrected chi connectivity index (χ2v) is 22.4. The number of para-hydroxylation sites is 1. The van der Waals surface area contributed by atoms with Gasteiger partial charge in [0.25, 0.3) is 0 Å². The first-order valence-corrected chi connectivity index (χ1v) is 28.4. The number of carbonyl (C=O) groups excluding carboxylic acids is 8. The van der Waals surface area contributed by atoms with Crippen LogP contribution in [0, 0.1) is 64.1 Å². The summed E-state index contributed by atoms with van der Waals surface area (Å²) in [7, 11) is 1.23. The van der Waals surface area contributed by atoms with Gasteiger partial charge in [0.05, 0.1) is 12.4 Å². The zero-order chi connectivity index (χ0) is 62.6. The van der Waals surface area contributed by atoms with Crippen molar-refractivity contribution in [2.75, 3.05) is 18.1 Å². The third-order valence-corrected chi connectivity index (χ3v) is 15.8. The molecule has 3 heterocycles. The minimum atomic E-state index is -2.54. The molecule has 0 bridgehead atoms. The Morgan fingerprint density at radius 2 is 1.20 bits per heavy atom. The monoisotopic (exact) mass is 1250 g/mol. The van der Waals surface area contributed by atoms with Crippen molar-refractivity contribution in [3.8, 4) is 0 Å². The summed E-state index contributed by atoms with van der Waals surface area (Å²) < 4.78 is 144. The van der Waals surface area contributed by atoms with Gasteiger partial charge in [0.15, 0.2) is 46.5 Å². The Kier molecular flexibility index (Phi) is 23.2. The SMILES string of the molecule is CC(C)C1NC(=O)[C@H](CCCCN)NC(=O)C(Cc2c[nH]c3ccccc23)NC(=O)[C@H](Cc2cnc[nH]2)NC(=O)C(NC(=O)[C@@H](N)Cc2c(F)c(F)c(F)c(F)c2F)CSSCC(C(=O)N[C@@H](Cc2c(F)c(F)c(F)c(F)c2F)C(N)=O)NC1=O. The predicted molar refractivity (Wildman–Crippen MR) is 288 cm³/mol. The van der Waals surface area contributed by atoms with Crippen molar-refractivity contribution in [3.63, 3.8) is 0 Å². The summed E-state index contributed by atoms with van der Waals surface area (Å²) in [4.78, 5) is 123. The van der Waals surface area contributed by atoms with E-state index in [1.807, 2.05) is 5.32 Å². The van der Waals surface area contributed by atoms with Crippen molar-refractivity contribution >= 4 is 79.7 Å². The van der Waals surface area contributed by atoms with E-state index < -0.39 is 202 Å². The van der Waals surface area contributed by atoms with Crippen molar-refractivity contribution < 1.29 is 82.3 Å². The molecule has 1 fully saturated rings. The van der Waals surface area contributed by atoms with E-state index >= 15 is 0 Å². The fourth-order valence-electron chi connectivity index (χ4n) is 8.73. The number of aromatic amines is 2. The van der Waals surface area contributed by atoms with Gasteiger partial charge < -0.3 is 64.4 Å². The lowest BCUT2D eigenvalue weighted by molar-refractivity contribution is -0.136. The molecule has 0 spiro atoms. The van der Waals surface area contributed by atoms with Crippen LogP contribution in [-0.2, 0) is 64.0 Å². The van der Waals surface area contributed by atoms with Crippen LogP contribution >= 0.6 is 21.6 Å². The summed E-state index contributed by atoms with van der Waals surface area (Å²) in [5, 5.41) is 17.5. The first-order chi connectivity index (χ1) is 40.2. The third kappa shape index (κ3) is 16.5. The van der Waals surface area contributed by atoms with Gasteiger partial charge in [-0.15, -0.1) is 0 Å². The fourth-order valence-corrected chi connectivity index (χ4v) is 11.1. The predicted octanol–water partition coefficient (Wildman–Crippen LogP) is 1.94. The van der Waals surface area contributed by atoms with Gasteiger partial charge in [-0.3, -0.25) is 38.4 Å². The van der Waals surface area contributed by atoms with E-state index in [9.17, 15) is 82.3 Å². The van der Waals surface area contributed by atoms with Crippen LogP contribution in [0.5, 0.6) is 0 Å². The fraction of sp³-hybridized carbons (Fsp3) is 0.404. The summed E-state index contributed by atoms with van der Waals surface area (Å²) in [6, 6.07) is -7.67. The largest absolute Gasteiger partial charge is 0.368 e. The molecule has 4 unspecified atom stereocenters. The zero-order valence-corrected chi connectivity index (χ0v) is 46.5. The highest BCUT2D eigenvalue weighted by Gasteiger charge is 2.38. The normalized spacial score (nSPS) is 20.4. The van der Waals surface area contributed by atoms with Gasteiger partial charge in [-0.05, 0) is 43.4 Å². The summed E-state index contributed by atoms with van der Waals surface area (Å²) in [6.07, 6.45) is 1.08. The Morgan fingerprint density at radius 3 is 1.78 bits per heavy atom. The summed E-state index contributed by atoms with van der Waals surface area (Å²) in [5.74, 6) is -35.7. The molecule has 6 rings (SSSR count). The maximum atomic E-state index is 14.9. The third-order valence-electron chi connectivity index (χ3n) is 13.4. The molecule has 33 heteroatoms. The van der Waals surface area contributed by atoms with Gasteiger partial charge >= 0.3 is 0 Å². The molecule has 3 aromatic carbocycles. The second kappa shape index (κ2) is 29.7. The number of nitrogens with two attached hydrogens (primary N) is 3. The van der Waals surface area contributed by atoms with E-state index in [1.54, 1.807) is 30.5 Å². The minimum Gasteiger partial charge on any atom is -0.368 e. The van der Waals surface area contributed by atoms with Gasteiger partial charge in [0.1, 0.15) is 42.3 Å². The van der Waals surface area contributed by atoms with E-state index in [0.717, 1.165) is 0 Å². The molecule has 15 N–H and O–H groups in total. The number of fused-ring (bicyclic) bond motifs is 1. The number of unbranched alkanes of at least 4 members (excludes halogenated alkanes) is 1. The molecule has 0 saturated carbocycles. The number of nitrogens with zero attached hydrogens (tertiary/aromatic N) is 1. The Bertz CT molecular complexity index is 3250. The summed E-state index contributed by atoms with van der Waals surface area (Å²) in [5.41, 5.74) is 15.4. The average molecular weight is 1250 g/mol. The van der Waals surface area contributed by atoms with E-state index in [2.05, 4.69) is 46.9 Å². The Hall–Kier alpha value is -7.91. The number of hydrogen-bond donors (Lipinski definition) is 12. The molecular weight excluding hydrogens is 1190 g/mol. The lowest BCUT2D eigenvalue weighted by Crippen LogP contribution is -2.61. The number of primary amides is 1. The van der Waals surface area contributed by atoms with E-state index in [1.165, 1.54) is 26.4 Å². The minimum absolute atomic E-state index is 0.109. The molecule has 85 heavy (non-hydrogen) atoms. The van der Waals surface area contributed by atoms with Crippen LogP contribution in [0.25, 0.3) is 10.9 Å². The highest BCUT2D eigenvalue weighted by atomic mass is 33.1. The maximum absolute atomic E-state index is 14.9. The molecule has 8 amide bonds. The highest BCUT2D eigenvalue weighted by Crippen LogP contribution is 2.28. The molecule has 1 aliphatic rings. The number of rotatable bonds is 18. The van der Waals surface area contributed by atoms with Crippen molar-refractivity contribution in [1.82, 2.24) is 52.2 Å². The van der Waals surface area contributed by atoms with E-state index in [-0.39, 0.29) is 31.5 Å². The number of imidazole rings is 1. The Morgan fingerprint density at radius 1 is 0.659 bits per heavy atom. The van der Waals surface area contributed by atoms with Crippen molar-refractivity contribution in [2.45, 2.75) is 107 Å². The van der Waals surface area contributed by atoms with Crippen LogP contribution in [0.15, 0.2) is 43.0 Å². The number of nitrogens with one attached hydrogen (secondary N) is 9. The first kappa shape index (κ1) is 66.2. The standard InChI is InChI=1S/C52H57F10N13O8S2/c1-20(2)44-52(83)74-33(50(81)70-29(45(65)76)14-25-36(55)40(59)43(62)41(60)37(25)56)18-85-84-17-32(73-46(77)26(64)13-24-34(53)38(57)42(61)39(58)35(24)54)51(82)72-31(12-22-16-66-19-68-22)49(80)71-30(11-21-15-67-27-8-4-3-7-23(21)27)48(79)69-28(47(78)75-44)9-5-6-10-63/h3-4,7-8,15-16,19-20,26,28-33,44,67H,5-6,9-14,17-18,63-64H2,1-2H3,(H2,65,76)(H,66,68)(H,69,79)(H,70,81)(H,71,80)(H,72,82)(H,73,77)(H,74,83)(H,75,78)/t26-,28-,29-,30?,31-,32?,33?,44?/m0/s1. The number of halogens is 10. The van der Waals surface area contributed by atoms with Gasteiger partial charge in [0.2, 0.25) is 58.9 Å². The number of hydrogen-bond acceptors (Lipinski definition) is 13. The van der Waals surface area contributed by atoms with E-state index in [4.69, 9.17) is 17.2 Å². The number of amides is 8. The average Bonchev–Trinajstić information content (AvgIpc) is 3.30. The van der Waals surface area contributed by atoms with Crippen LogP contribution in [0.2, 0.25) is 0 Å². The molecular formula is C52H57F10N13O8S2. The molecule has 21 nitrogen and oxygen atoms in total. The van der Waals surface area contributed by atoms with Gasteiger partial charge in [-0.25, -0.2) is 48.9 Å². The van der Waals surface area contributed by atoms with Crippen LogP contribution in [0.1, 0.15) is 55.5 Å². The molecule has 1 saturated heterocycles. The smallest absolute Gasteiger partial charge is 0.244 e. The number of benzene rings is 3. The first-order valence-electron chi connectivity index (χ1n) is 25.9. The number of H-pyrrole nitrogens is 2. The Balaban J connectivity index is 1.42. The van der Waals surface area contributed by atoms with Crippen molar-refractivity contribution in [3.05, 3.63) is 124 Å². The van der Waals surface area contributed by atoms with E-state index in [0.29, 0.717) is 44.5 Å². The van der Waals surface area contributed by atoms with Crippen molar-refractivity contribution in [1.29, 1.82) is 0 Å². The van der Waals surface area contributed by atoms with Gasteiger partial charge in [-0.2, -0.15) is 0 Å². The van der Waals surface area contributed by atoms with Crippen LogP contribution in [0.3, 0.4) is 0 Å². The number of aromatic nitrogens is 3. The quantitative estimate of drug-likeness (QED) is 0.0197. The maximum Gasteiger partial charge on any atom is 0.244 e.